The molecule has 2 N–H and O–H groups in total. The average Bonchev–Trinajstić information content (AvgIpc) is 2.77. The third-order valence-electron chi connectivity index (χ3n) is 5.60. The van der Waals surface area contributed by atoms with Gasteiger partial charge in [0.1, 0.15) is 0 Å². The smallest absolute Gasteiger partial charge is 0.409 e. The molecule has 1 fully saturated rings. The highest BCUT2D eigenvalue weighted by Gasteiger charge is 2.35. The molecule has 31 heavy (non-hydrogen) atoms. The summed E-state index contributed by atoms with van der Waals surface area (Å²) in [4.78, 5) is 43.7. The number of ether oxygens (including phenoxy) is 1. The van der Waals surface area contributed by atoms with Crippen molar-refractivity contribution >= 4 is 17.9 Å². The van der Waals surface area contributed by atoms with E-state index in [-0.39, 0.29) is 18.4 Å². The number of pyridine rings is 1. The molecule has 8 heteroatoms. The van der Waals surface area contributed by atoms with Crippen molar-refractivity contribution in [3.05, 3.63) is 59.9 Å². The Labute approximate surface area is 182 Å². The third kappa shape index (κ3) is 5.81. The van der Waals surface area contributed by atoms with E-state index < -0.39 is 17.9 Å². The van der Waals surface area contributed by atoms with Crippen LogP contribution in [0.2, 0.25) is 0 Å². The summed E-state index contributed by atoms with van der Waals surface area (Å²) in [6.07, 6.45) is 4.68. The van der Waals surface area contributed by atoms with Gasteiger partial charge >= 0.3 is 6.09 Å². The molecule has 0 spiro atoms. The van der Waals surface area contributed by atoms with E-state index in [2.05, 4.69) is 4.98 Å². The van der Waals surface area contributed by atoms with Gasteiger partial charge in [-0.05, 0) is 55.0 Å². The summed E-state index contributed by atoms with van der Waals surface area (Å²) in [5, 5.41) is 0. The molecule has 1 aliphatic rings. The molecule has 0 radical (unpaired) electrons. The lowest BCUT2D eigenvalue weighted by Crippen LogP contribution is -2.49. The molecule has 0 aliphatic carbocycles. The standard InChI is InChI=1S/C23H28N4O4/c1-26(2)22(29)18-6-3-5-16(13-18)8-9-17-10-12-27(15-20(17)21(24)28)23(30)31-19-7-4-11-25-14-19/h3-7,11,13-14,17,20H,8-10,12,15H2,1-2H3,(H2,24,28). The molecule has 0 saturated carbocycles. The van der Waals surface area contributed by atoms with E-state index in [9.17, 15) is 14.4 Å². The zero-order valence-corrected chi connectivity index (χ0v) is 17.9. The molecule has 2 heterocycles. The zero-order valence-electron chi connectivity index (χ0n) is 17.9. The van der Waals surface area contributed by atoms with Crippen LogP contribution in [0.3, 0.4) is 0 Å². The number of amides is 3. The van der Waals surface area contributed by atoms with E-state index in [1.165, 1.54) is 11.1 Å². The van der Waals surface area contributed by atoms with Gasteiger partial charge in [-0.1, -0.05) is 12.1 Å². The molecule has 2 unspecified atom stereocenters. The second kappa shape index (κ2) is 10.1. The summed E-state index contributed by atoms with van der Waals surface area (Å²) in [5.74, 6) is -0.481. The summed E-state index contributed by atoms with van der Waals surface area (Å²) < 4.78 is 5.34. The normalized spacial score (nSPS) is 18.3. The van der Waals surface area contributed by atoms with Crippen molar-refractivity contribution in [1.82, 2.24) is 14.8 Å². The number of primary amides is 1. The Kier molecular flexibility index (Phi) is 7.23. The lowest BCUT2D eigenvalue weighted by atomic mass is 9.81. The van der Waals surface area contributed by atoms with Crippen LogP contribution in [0, 0.1) is 11.8 Å². The van der Waals surface area contributed by atoms with Crippen LogP contribution in [-0.2, 0) is 11.2 Å². The number of benzene rings is 1. The van der Waals surface area contributed by atoms with Crippen molar-refractivity contribution in [3.63, 3.8) is 0 Å². The highest BCUT2D eigenvalue weighted by Crippen LogP contribution is 2.28. The predicted octanol–water partition coefficient (Wildman–Crippen LogP) is 2.34. The molecule has 1 aliphatic heterocycles. The van der Waals surface area contributed by atoms with E-state index in [1.807, 2.05) is 18.2 Å². The van der Waals surface area contributed by atoms with Crippen molar-refractivity contribution in [2.45, 2.75) is 19.3 Å². The quantitative estimate of drug-likeness (QED) is 0.766. The van der Waals surface area contributed by atoms with Crippen LogP contribution in [0.25, 0.3) is 0 Å². The lowest BCUT2D eigenvalue weighted by molar-refractivity contribution is -0.125. The molecule has 1 aromatic heterocycles. The highest BCUT2D eigenvalue weighted by molar-refractivity contribution is 5.94. The number of carbonyl (C=O) groups is 3. The van der Waals surface area contributed by atoms with E-state index in [0.717, 1.165) is 18.4 Å². The zero-order chi connectivity index (χ0) is 22.4. The van der Waals surface area contributed by atoms with E-state index >= 15 is 0 Å². The van der Waals surface area contributed by atoms with Crippen molar-refractivity contribution < 1.29 is 19.1 Å². The van der Waals surface area contributed by atoms with Crippen molar-refractivity contribution in [2.24, 2.45) is 17.6 Å². The third-order valence-corrected chi connectivity index (χ3v) is 5.60. The fraction of sp³-hybridized carbons (Fsp3) is 0.391. The van der Waals surface area contributed by atoms with Gasteiger partial charge in [0.15, 0.2) is 5.75 Å². The van der Waals surface area contributed by atoms with Crippen LogP contribution >= 0.6 is 0 Å². The predicted molar refractivity (Wildman–Crippen MR) is 115 cm³/mol. The SMILES string of the molecule is CN(C)C(=O)c1cccc(CCC2CCN(C(=O)Oc3cccnc3)CC2C(N)=O)c1. The fourth-order valence-corrected chi connectivity index (χ4v) is 3.88. The number of likely N-dealkylation sites (tertiary alicyclic amines) is 1. The number of rotatable bonds is 6. The molecule has 1 aromatic carbocycles. The number of aromatic nitrogens is 1. The average molecular weight is 425 g/mol. The van der Waals surface area contributed by atoms with Crippen LogP contribution in [0.1, 0.15) is 28.8 Å². The number of hydrogen-bond donors (Lipinski definition) is 1. The Morgan fingerprint density at radius 2 is 2.03 bits per heavy atom. The molecular formula is C23H28N4O4. The Bertz CT molecular complexity index is 932. The Balaban J connectivity index is 1.60. The first-order valence-corrected chi connectivity index (χ1v) is 10.3. The number of hydrogen-bond acceptors (Lipinski definition) is 5. The Morgan fingerprint density at radius 1 is 1.23 bits per heavy atom. The molecule has 1 saturated heterocycles. The summed E-state index contributed by atoms with van der Waals surface area (Å²) >= 11 is 0. The van der Waals surface area contributed by atoms with E-state index in [4.69, 9.17) is 10.5 Å². The van der Waals surface area contributed by atoms with Gasteiger partial charge in [-0.3, -0.25) is 14.6 Å². The monoisotopic (exact) mass is 424 g/mol. The minimum Gasteiger partial charge on any atom is -0.409 e. The van der Waals surface area contributed by atoms with Gasteiger partial charge in [0.25, 0.3) is 5.91 Å². The number of nitrogens with two attached hydrogens (primary N) is 1. The van der Waals surface area contributed by atoms with Crippen LogP contribution in [0.15, 0.2) is 48.8 Å². The van der Waals surface area contributed by atoms with Crippen molar-refractivity contribution in [2.75, 3.05) is 27.2 Å². The van der Waals surface area contributed by atoms with E-state index in [1.54, 1.807) is 43.4 Å². The van der Waals surface area contributed by atoms with Gasteiger partial charge in [-0.2, -0.15) is 0 Å². The topological polar surface area (TPSA) is 106 Å². The van der Waals surface area contributed by atoms with Crippen molar-refractivity contribution in [3.8, 4) is 5.75 Å². The Morgan fingerprint density at radius 3 is 2.71 bits per heavy atom. The number of carbonyl (C=O) groups excluding carboxylic acids is 3. The van der Waals surface area contributed by atoms with Crippen LogP contribution in [-0.4, -0.2) is 59.9 Å². The Hall–Kier alpha value is -3.42. The molecule has 2 atom stereocenters. The molecule has 164 valence electrons. The number of aryl methyl sites for hydroxylation is 1. The van der Waals surface area contributed by atoms with Crippen LogP contribution < -0.4 is 10.5 Å². The molecule has 2 aromatic rings. The number of nitrogens with zero attached hydrogens (tertiary/aromatic N) is 3. The first-order chi connectivity index (χ1) is 14.8. The molecule has 8 nitrogen and oxygen atoms in total. The minimum atomic E-state index is -0.507. The van der Waals surface area contributed by atoms with Gasteiger partial charge < -0.3 is 20.3 Å². The highest BCUT2D eigenvalue weighted by atomic mass is 16.6. The van der Waals surface area contributed by atoms with Gasteiger partial charge in [0.05, 0.1) is 12.1 Å². The van der Waals surface area contributed by atoms with Crippen LogP contribution in [0.4, 0.5) is 4.79 Å². The maximum atomic E-state index is 12.5. The van der Waals surface area contributed by atoms with E-state index in [0.29, 0.717) is 24.3 Å². The van der Waals surface area contributed by atoms with Gasteiger partial charge in [0.2, 0.25) is 5.91 Å². The summed E-state index contributed by atoms with van der Waals surface area (Å²) in [7, 11) is 3.44. The second-order valence-corrected chi connectivity index (χ2v) is 8.00. The molecule has 3 amide bonds. The minimum absolute atomic E-state index is 0.0442. The molecule has 0 bridgehead atoms. The van der Waals surface area contributed by atoms with Gasteiger partial charge in [-0.15, -0.1) is 0 Å². The summed E-state index contributed by atoms with van der Waals surface area (Å²) in [6.45, 7) is 0.727. The largest absolute Gasteiger partial charge is 0.415 e. The fourth-order valence-electron chi connectivity index (χ4n) is 3.88. The van der Waals surface area contributed by atoms with Crippen LogP contribution in [0.5, 0.6) is 5.75 Å². The maximum Gasteiger partial charge on any atom is 0.415 e. The van der Waals surface area contributed by atoms with Crippen molar-refractivity contribution in [1.29, 1.82) is 0 Å². The lowest BCUT2D eigenvalue weighted by Gasteiger charge is -2.36. The van der Waals surface area contributed by atoms with Gasteiger partial charge in [-0.25, -0.2) is 4.79 Å². The second-order valence-electron chi connectivity index (χ2n) is 8.00. The molecular weight excluding hydrogens is 396 g/mol. The number of piperidine rings is 1. The summed E-state index contributed by atoms with van der Waals surface area (Å²) in [6, 6.07) is 10.9. The van der Waals surface area contributed by atoms with Gasteiger partial charge in [0, 0.05) is 38.9 Å². The maximum absolute atomic E-state index is 12.5. The first-order valence-electron chi connectivity index (χ1n) is 10.3. The first kappa shape index (κ1) is 22.3. The summed E-state index contributed by atoms with van der Waals surface area (Å²) in [5.41, 5.74) is 7.34. The molecule has 3 rings (SSSR count).